The Morgan fingerprint density at radius 2 is 1.23 bits per heavy atom. The summed E-state index contributed by atoms with van der Waals surface area (Å²) in [7, 11) is 0. The maximum absolute atomic E-state index is 13.0. The first-order valence-corrected chi connectivity index (χ1v) is 17.1. The molecule has 1 saturated carbocycles. The van der Waals surface area contributed by atoms with Crippen LogP contribution in [0.25, 0.3) is 0 Å². The smallest absolute Gasteiger partial charge is 0.407 e. The summed E-state index contributed by atoms with van der Waals surface area (Å²) in [5.74, 6) is 0. The lowest BCUT2D eigenvalue weighted by molar-refractivity contribution is -0.333. The number of nitrogens with two attached hydrogens (primary N) is 2. The summed E-state index contributed by atoms with van der Waals surface area (Å²) < 4.78 is 33.7. The minimum atomic E-state index is -1.90. The number of hydrogen-bond acceptors (Lipinski definition) is 17. The number of alkyl carbamates (subject to hydrolysis) is 2. The summed E-state index contributed by atoms with van der Waals surface area (Å²) in [6.45, 7) is -1.21. The van der Waals surface area contributed by atoms with Crippen molar-refractivity contribution in [3.8, 4) is 0 Å². The predicted molar refractivity (Wildman–Crippen MR) is 179 cm³/mol. The van der Waals surface area contributed by atoms with E-state index < -0.39 is 117 Å². The summed E-state index contributed by atoms with van der Waals surface area (Å²) in [5.41, 5.74) is 13.7. The molecule has 19 nitrogen and oxygen atoms in total. The number of carbonyl (C=O) groups excluding carboxylic acids is 2. The van der Waals surface area contributed by atoms with Gasteiger partial charge in [0.1, 0.15) is 74.3 Å². The normalized spacial score (nSPS) is 37.3. The first kappa shape index (κ1) is 40.6. The molecule has 0 aromatic heterocycles. The summed E-state index contributed by atoms with van der Waals surface area (Å²) in [5, 5.41) is 79.6. The van der Waals surface area contributed by atoms with Gasteiger partial charge in [-0.05, 0) is 17.5 Å². The van der Waals surface area contributed by atoms with Crippen molar-refractivity contribution in [2.75, 3.05) is 13.2 Å². The van der Waals surface area contributed by atoms with Gasteiger partial charge in [0.15, 0.2) is 12.6 Å². The van der Waals surface area contributed by atoms with E-state index in [0.29, 0.717) is 5.56 Å². The number of rotatable bonds is 12. The fourth-order valence-corrected chi connectivity index (χ4v) is 6.35. The summed E-state index contributed by atoms with van der Waals surface area (Å²) in [6.07, 6.45) is -21.1. The van der Waals surface area contributed by atoms with E-state index in [1.807, 2.05) is 0 Å². The van der Waals surface area contributed by atoms with E-state index in [1.54, 1.807) is 60.7 Å². The third-order valence-corrected chi connectivity index (χ3v) is 9.38. The average Bonchev–Trinajstić information content (AvgIpc) is 3.16. The highest BCUT2D eigenvalue weighted by Crippen LogP contribution is 2.32. The van der Waals surface area contributed by atoms with Crippen LogP contribution in [-0.2, 0) is 41.6 Å². The number of ether oxygens (including phenoxy) is 6. The van der Waals surface area contributed by atoms with E-state index in [2.05, 4.69) is 10.6 Å². The van der Waals surface area contributed by atoms with Crippen molar-refractivity contribution in [1.29, 1.82) is 0 Å². The van der Waals surface area contributed by atoms with Gasteiger partial charge in [-0.1, -0.05) is 60.7 Å². The SMILES string of the molecule is N[C@@H]1[C@@H](O)[C@@H](CO)O[C@H](O[C@H]2[C@H](O)[C@@H](O[C@@H]3O[C@H](CNC(=O)OCc4ccccc4)[C@@H](O)[C@H](O)[C@H]3O)[C@H](NC(=O)OCc3ccccc3)C[C@@H]2N)[C@@H]1O. The molecular weight excluding hydrogens is 704 g/mol. The number of aliphatic hydroxyl groups excluding tert-OH is 7. The molecular formula is C34H48N4O15. The fraction of sp³-hybridized carbons (Fsp3) is 0.588. The Balaban J connectivity index is 1.29. The average molecular weight is 753 g/mol. The van der Waals surface area contributed by atoms with Crippen molar-refractivity contribution in [3.05, 3.63) is 71.8 Å². The van der Waals surface area contributed by atoms with Gasteiger partial charge in [0.25, 0.3) is 0 Å². The molecule has 3 fully saturated rings. The number of benzene rings is 2. The minimum absolute atomic E-state index is 0.0446. The molecule has 294 valence electrons. The van der Waals surface area contributed by atoms with E-state index in [9.17, 15) is 45.3 Å². The topological polar surface area (TPSA) is 307 Å². The fourth-order valence-electron chi connectivity index (χ4n) is 6.35. The highest BCUT2D eigenvalue weighted by molar-refractivity contribution is 5.68. The van der Waals surface area contributed by atoms with E-state index in [-0.39, 0.29) is 19.6 Å². The molecule has 53 heavy (non-hydrogen) atoms. The van der Waals surface area contributed by atoms with Crippen molar-refractivity contribution >= 4 is 12.2 Å². The molecule has 2 aromatic carbocycles. The van der Waals surface area contributed by atoms with Crippen LogP contribution in [0.4, 0.5) is 9.59 Å². The van der Waals surface area contributed by atoms with Crippen LogP contribution in [0.2, 0.25) is 0 Å². The number of aliphatic hydroxyl groups is 7. The lowest BCUT2D eigenvalue weighted by atomic mass is 9.83. The molecule has 13 N–H and O–H groups in total. The van der Waals surface area contributed by atoms with Gasteiger partial charge in [0, 0.05) is 12.6 Å². The molecule has 19 heteroatoms. The number of hydrogen-bond donors (Lipinski definition) is 11. The van der Waals surface area contributed by atoms with Crippen molar-refractivity contribution in [2.24, 2.45) is 11.5 Å². The lowest BCUT2D eigenvalue weighted by Gasteiger charge is -2.48. The third kappa shape index (κ3) is 10.2. The monoisotopic (exact) mass is 752 g/mol. The molecule has 0 unspecified atom stereocenters. The Hall–Kier alpha value is -3.54. The molecule has 3 aliphatic rings. The zero-order valence-corrected chi connectivity index (χ0v) is 28.5. The van der Waals surface area contributed by atoms with E-state index >= 15 is 0 Å². The van der Waals surface area contributed by atoms with Gasteiger partial charge in [-0.2, -0.15) is 0 Å². The molecule has 0 radical (unpaired) electrons. The van der Waals surface area contributed by atoms with E-state index in [1.165, 1.54) is 0 Å². The second kappa shape index (κ2) is 18.7. The summed E-state index contributed by atoms with van der Waals surface area (Å²) in [6, 6.07) is 14.1. The number of nitrogens with one attached hydrogen (secondary N) is 2. The molecule has 0 bridgehead atoms. The molecule has 15 atom stereocenters. The van der Waals surface area contributed by atoms with Gasteiger partial charge in [-0.15, -0.1) is 0 Å². The highest BCUT2D eigenvalue weighted by Gasteiger charge is 2.52. The zero-order valence-electron chi connectivity index (χ0n) is 28.5. The third-order valence-electron chi connectivity index (χ3n) is 9.38. The van der Waals surface area contributed by atoms with Crippen LogP contribution in [0.15, 0.2) is 60.7 Å². The molecule has 2 saturated heterocycles. The number of carbonyl (C=O) groups is 2. The molecule has 2 aliphatic heterocycles. The minimum Gasteiger partial charge on any atom is -0.445 e. The molecule has 2 heterocycles. The van der Waals surface area contributed by atoms with Crippen molar-refractivity contribution < 1.29 is 73.8 Å². The highest BCUT2D eigenvalue weighted by atomic mass is 16.7. The Morgan fingerprint density at radius 1 is 0.679 bits per heavy atom. The standard InChI is InChI=1S/C34H48N4O15/c35-18-11-19(38-34(47)49-15-17-9-5-2-6-10-17)30(28(45)29(18)52-31-25(42)22(36)23(40)21(13-39)51-31)53-32-27(44)26(43)24(41)20(50-32)12-37-33(46)48-14-16-7-3-1-4-8-16/h1-10,18-32,39-45H,11-15,35-36H2,(H,37,46)(H,38,47)/t18-,19+,20+,21+,22+,23-,24+,25+,26-,27+,28-,29+,30-,31+,32-/m0/s1. The summed E-state index contributed by atoms with van der Waals surface area (Å²) in [4.78, 5) is 25.3. The maximum atomic E-state index is 13.0. The van der Waals surface area contributed by atoms with Crippen molar-refractivity contribution in [3.63, 3.8) is 0 Å². The van der Waals surface area contributed by atoms with Crippen molar-refractivity contribution in [1.82, 2.24) is 10.6 Å². The molecule has 5 rings (SSSR count). The largest absolute Gasteiger partial charge is 0.445 e. The van der Waals surface area contributed by atoms with Gasteiger partial charge >= 0.3 is 12.2 Å². The summed E-state index contributed by atoms with van der Waals surface area (Å²) >= 11 is 0. The predicted octanol–water partition coefficient (Wildman–Crippen LogP) is -3.36. The van der Waals surface area contributed by atoms with Crippen LogP contribution < -0.4 is 22.1 Å². The Kier molecular flexibility index (Phi) is 14.3. The van der Waals surface area contributed by atoms with Gasteiger partial charge in [-0.3, -0.25) is 0 Å². The van der Waals surface area contributed by atoms with Crippen LogP contribution in [0.5, 0.6) is 0 Å². The maximum Gasteiger partial charge on any atom is 0.407 e. The Bertz CT molecular complexity index is 1450. The van der Waals surface area contributed by atoms with Crippen LogP contribution in [0.3, 0.4) is 0 Å². The van der Waals surface area contributed by atoms with Crippen LogP contribution in [0, 0.1) is 0 Å². The Morgan fingerprint density at radius 3 is 1.83 bits per heavy atom. The van der Waals surface area contributed by atoms with Gasteiger partial charge in [0.05, 0.1) is 18.7 Å². The first-order valence-electron chi connectivity index (χ1n) is 17.1. The van der Waals surface area contributed by atoms with E-state index in [0.717, 1.165) is 5.56 Å². The van der Waals surface area contributed by atoms with Crippen LogP contribution in [0.1, 0.15) is 17.5 Å². The van der Waals surface area contributed by atoms with Gasteiger partial charge < -0.3 is 86.3 Å². The van der Waals surface area contributed by atoms with Crippen molar-refractivity contribution in [2.45, 2.75) is 111 Å². The van der Waals surface area contributed by atoms with Gasteiger partial charge in [0.2, 0.25) is 0 Å². The second-order valence-electron chi connectivity index (χ2n) is 13.1. The quantitative estimate of drug-likeness (QED) is 0.101. The second-order valence-corrected chi connectivity index (χ2v) is 13.1. The van der Waals surface area contributed by atoms with Gasteiger partial charge in [-0.25, -0.2) is 9.59 Å². The molecule has 0 spiro atoms. The van der Waals surface area contributed by atoms with Crippen LogP contribution >= 0.6 is 0 Å². The molecule has 2 aromatic rings. The van der Waals surface area contributed by atoms with Crippen LogP contribution in [-0.4, -0.2) is 153 Å². The van der Waals surface area contributed by atoms with E-state index in [4.69, 9.17) is 39.9 Å². The zero-order chi connectivity index (χ0) is 38.2. The number of amides is 2. The molecule has 1 aliphatic carbocycles. The first-order chi connectivity index (χ1) is 25.4. The molecule has 2 amide bonds. The Labute approximate surface area is 304 Å². The lowest BCUT2D eigenvalue weighted by Crippen LogP contribution is -2.69.